The molecule has 1 aliphatic heterocycles. The van der Waals surface area contributed by atoms with Crippen LogP contribution in [0.15, 0.2) is 22.1 Å². The number of furan rings is 1. The van der Waals surface area contributed by atoms with Crippen molar-refractivity contribution in [1.82, 2.24) is 10.6 Å². The van der Waals surface area contributed by atoms with Crippen LogP contribution < -0.4 is 27.0 Å². The number of nitrogens with two attached hydrogens (primary N) is 1. The highest BCUT2D eigenvalue weighted by atomic mass is 35.5. The third kappa shape index (κ3) is 4.20. The van der Waals surface area contributed by atoms with Gasteiger partial charge in [0.05, 0.1) is 21.9 Å². The standard InChI is InChI=1S/C17H24ClN3O3/c1-10-8-13(14(19)12(3)18)15(24-10)11(2)16(22)21-9-17(23)4-6-20-7-5-17/h8,20,23H,3-7,9,19H2,1-2H3,(H,21,22)/b14-13+,15-11-. The van der Waals surface area contributed by atoms with Gasteiger partial charge in [0.2, 0.25) is 0 Å². The van der Waals surface area contributed by atoms with Gasteiger partial charge in [-0.1, -0.05) is 18.2 Å². The maximum Gasteiger partial charge on any atom is 0.250 e. The molecule has 1 fully saturated rings. The molecule has 132 valence electrons. The van der Waals surface area contributed by atoms with E-state index in [-0.39, 0.29) is 23.2 Å². The van der Waals surface area contributed by atoms with E-state index in [1.807, 2.05) is 0 Å². The van der Waals surface area contributed by atoms with Crippen molar-refractivity contribution >= 4 is 28.8 Å². The molecule has 0 unspecified atom stereocenters. The summed E-state index contributed by atoms with van der Waals surface area (Å²) in [5.41, 5.74) is 6.06. The number of amides is 1. The molecule has 6 nitrogen and oxygen atoms in total. The summed E-state index contributed by atoms with van der Waals surface area (Å²) in [5.74, 6) is 0.301. The first-order valence-corrected chi connectivity index (χ1v) is 8.24. The Balaban J connectivity index is 2.29. The molecule has 24 heavy (non-hydrogen) atoms. The summed E-state index contributed by atoms with van der Waals surface area (Å²) in [4.78, 5) is 12.4. The van der Waals surface area contributed by atoms with E-state index in [1.165, 1.54) is 0 Å². The Kier molecular flexibility index (Phi) is 5.74. The third-order valence-electron chi connectivity index (χ3n) is 4.23. The number of carbonyl (C=O) groups excluding carboxylic acids is 1. The first-order valence-electron chi connectivity index (χ1n) is 7.87. The van der Waals surface area contributed by atoms with E-state index in [1.54, 1.807) is 19.9 Å². The molecule has 5 N–H and O–H groups in total. The van der Waals surface area contributed by atoms with Crippen LogP contribution in [0.1, 0.15) is 25.5 Å². The van der Waals surface area contributed by atoms with Crippen LogP contribution in [0, 0.1) is 6.92 Å². The van der Waals surface area contributed by atoms with Gasteiger partial charge in [0.1, 0.15) is 11.2 Å². The first-order chi connectivity index (χ1) is 11.2. The molecule has 2 rings (SSSR count). The zero-order chi connectivity index (χ0) is 17.9. The fourth-order valence-corrected chi connectivity index (χ4v) is 2.79. The highest BCUT2D eigenvalue weighted by Crippen LogP contribution is 2.16. The SMILES string of the molecule is C=C(Cl)/C(N)=c1/cc(C)o/c1=C(/C)C(=O)NCC1(O)CCNCC1. The second kappa shape index (κ2) is 7.42. The van der Waals surface area contributed by atoms with Crippen LogP contribution in [0.5, 0.6) is 0 Å². The Bertz CT molecular complexity index is 761. The van der Waals surface area contributed by atoms with Gasteiger partial charge in [0, 0.05) is 11.8 Å². The first kappa shape index (κ1) is 18.6. The summed E-state index contributed by atoms with van der Waals surface area (Å²) < 4.78 is 5.61. The number of nitrogens with one attached hydrogen (secondary N) is 2. The number of carbonyl (C=O) groups is 1. The summed E-state index contributed by atoms with van der Waals surface area (Å²) in [7, 11) is 0. The van der Waals surface area contributed by atoms with Crippen molar-refractivity contribution in [3.63, 3.8) is 0 Å². The quantitative estimate of drug-likeness (QED) is 0.601. The molecule has 1 aromatic rings. The topological polar surface area (TPSA) is 101 Å². The third-order valence-corrected chi connectivity index (χ3v) is 4.43. The summed E-state index contributed by atoms with van der Waals surface area (Å²) >= 11 is 5.86. The minimum absolute atomic E-state index is 0.189. The second-order valence-electron chi connectivity index (χ2n) is 6.20. The van der Waals surface area contributed by atoms with Crippen molar-refractivity contribution < 1.29 is 14.3 Å². The summed E-state index contributed by atoms with van der Waals surface area (Å²) in [6, 6.07) is 1.72. The van der Waals surface area contributed by atoms with Crippen LogP contribution in [-0.2, 0) is 4.79 Å². The maximum absolute atomic E-state index is 12.4. The van der Waals surface area contributed by atoms with Gasteiger partial charge < -0.3 is 25.9 Å². The number of aliphatic hydroxyl groups is 1. The Labute approximate surface area is 146 Å². The summed E-state index contributed by atoms with van der Waals surface area (Å²) in [6.45, 7) is 8.68. The van der Waals surface area contributed by atoms with Gasteiger partial charge in [-0.3, -0.25) is 4.79 Å². The Hall–Kier alpha value is -1.76. The smallest absolute Gasteiger partial charge is 0.250 e. The van der Waals surface area contributed by atoms with Crippen molar-refractivity contribution in [3.05, 3.63) is 34.1 Å². The zero-order valence-electron chi connectivity index (χ0n) is 14.0. The Morgan fingerprint density at radius 2 is 2.17 bits per heavy atom. The fourth-order valence-electron chi connectivity index (χ4n) is 2.69. The van der Waals surface area contributed by atoms with E-state index in [2.05, 4.69) is 17.2 Å². The molecule has 1 aromatic heterocycles. The number of piperidine rings is 1. The lowest BCUT2D eigenvalue weighted by Gasteiger charge is -2.32. The van der Waals surface area contributed by atoms with Gasteiger partial charge in [-0.25, -0.2) is 0 Å². The average molecular weight is 354 g/mol. The lowest BCUT2D eigenvalue weighted by molar-refractivity contribution is -0.117. The van der Waals surface area contributed by atoms with Crippen molar-refractivity contribution in [2.45, 2.75) is 32.3 Å². The maximum atomic E-state index is 12.4. The summed E-state index contributed by atoms with van der Waals surface area (Å²) in [6.07, 6.45) is 1.20. The van der Waals surface area contributed by atoms with Crippen LogP contribution >= 0.6 is 11.6 Å². The largest absolute Gasteiger partial charge is 0.461 e. The van der Waals surface area contributed by atoms with Gasteiger partial charge in [0.25, 0.3) is 5.91 Å². The highest BCUT2D eigenvalue weighted by molar-refractivity contribution is 6.35. The van der Waals surface area contributed by atoms with Gasteiger partial charge in [0.15, 0.2) is 0 Å². The second-order valence-corrected chi connectivity index (χ2v) is 6.66. The monoisotopic (exact) mass is 353 g/mol. The fraction of sp³-hybridized carbons (Fsp3) is 0.471. The average Bonchev–Trinajstić information content (AvgIpc) is 2.93. The van der Waals surface area contributed by atoms with Crippen molar-refractivity contribution in [1.29, 1.82) is 0 Å². The predicted octanol–water partition coefficient (Wildman–Crippen LogP) is -0.191. The van der Waals surface area contributed by atoms with E-state index in [0.717, 1.165) is 13.1 Å². The normalized spacial score (nSPS) is 19.5. The van der Waals surface area contributed by atoms with Gasteiger partial charge in [-0.2, -0.15) is 0 Å². The van der Waals surface area contributed by atoms with E-state index < -0.39 is 5.60 Å². The molecular weight excluding hydrogens is 330 g/mol. The minimum Gasteiger partial charge on any atom is -0.461 e. The molecule has 0 aliphatic carbocycles. The van der Waals surface area contributed by atoms with Gasteiger partial charge in [-0.15, -0.1) is 0 Å². The molecule has 0 spiro atoms. The molecule has 1 saturated heterocycles. The van der Waals surface area contributed by atoms with Crippen molar-refractivity contribution in [2.24, 2.45) is 5.73 Å². The number of aryl methyl sites for hydroxylation is 1. The zero-order valence-corrected chi connectivity index (χ0v) is 14.8. The Morgan fingerprint density at radius 1 is 1.54 bits per heavy atom. The van der Waals surface area contributed by atoms with Gasteiger partial charge in [-0.05, 0) is 45.8 Å². The van der Waals surface area contributed by atoms with E-state index >= 15 is 0 Å². The van der Waals surface area contributed by atoms with Crippen LogP contribution in [0.2, 0.25) is 0 Å². The molecule has 1 aliphatic rings. The van der Waals surface area contributed by atoms with Crippen LogP contribution in [-0.4, -0.2) is 36.2 Å². The summed E-state index contributed by atoms with van der Waals surface area (Å²) in [5, 5.41) is 17.1. The molecular formula is C17H24ClN3O3. The molecule has 1 amide bonds. The van der Waals surface area contributed by atoms with Crippen molar-refractivity contribution in [3.8, 4) is 0 Å². The van der Waals surface area contributed by atoms with E-state index in [4.69, 9.17) is 21.8 Å². The van der Waals surface area contributed by atoms with Crippen LogP contribution in [0.3, 0.4) is 0 Å². The lowest BCUT2D eigenvalue weighted by Crippen LogP contribution is -2.50. The van der Waals surface area contributed by atoms with E-state index in [0.29, 0.717) is 34.8 Å². The molecule has 0 saturated carbocycles. The molecule has 0 radical (unpaired) electrons. The predicted molar refractivity (Wildman–Crippen MR) is 94.4 cm³/mol. The lowest BCUT2D eigenvalue weighted by atomic mass is 9.92. The molecule has 0 aromatic carbocycles. The minimum atomic E-state index is -0.876. The number of hydrogen-bond acceptors (Lipinski definition) is 5. The number of halogens is 1. The van der Waals surface area contributed by atoms with Crippen LogP contribution in [0.25, 0.3) is 11.3 Å². The molecule has 0 bridgehead atoms. The highest BCUT2D eigenvalue weighted by Gasteiger charge is 2.29. The number of rotatable bonds is 4. The molecule has 2 heterocycles. The van der Waals surface area contributed by atoms with E-state index in [9.17, 15) is 9.90 Å². The van der Waals surface area contributed by atoms with Crippen molar-refractivity contribution in [2.75, 3.05) is 19.6 Å². The number of hydrogen-bond donors (Lipinski definition) is 4. The molecule has 0 atom stereocenters. The molecule has 7 heteroatoms. The van der Waals surface area contributed by atoms with Crippen LogP contribution in [0.4, 0.5) is 0 Å². The Morgan fingerprint density at radius 3 is 2.75 bits per heavy atom. The van der Waals surface area contributed by atoms with Gasteiger partial charge >= 0.3 is 0 Å².